The van der Waals surface area contributed by atoms with Crippen molar-refractivity contribution >= 4 is 11.6 Å². The molecule has 2 aromatic rings. The molecule has 0 bridgehead atoms. The molecule has 1 N–H and O–H groups in total. The number of rotatable bonds is 4. The van der Waals surface area contributed by atoms with E-state index in [1.807, 2.05) is 55.5 Å². The summed E-state index contributed by atoms with van der Waals surface area (Å²) in [5.74, 6) is 0.899. The van der Waals surface area contributed by atoms with Gasteiger partial charge in [-0.05, 0) is 49.1 Å². The Hall–Kier alpha value is -2.29. The quantitative estimate of drug-likeness (QED) is 0.928. The molecule has 0 atom stereocenters. The number of carbonyl (C=O) groups is 1. The first-order valence-corrected chi connectivity index (χ1v) is 7.17. The maximum Gasteiger partial charge on any atom is 0.235 e. The molecule has 1 aliphatic rings. The summed E-state index contributed by atoms with van der Waals surface area (Å²) < 4.78 is 5.17. The van der Waals surface area contributed by atoms with Crippen molar-refractivity contribution in [2.75, 3.05) is 12.4 Å². The lowest BCUT2D eigenvalue weighted by Gasteiger charge is -2.17. The SMILES string of the molecule is COc1ccc(C2(C(=O)Nc3ccccc3C)CC2)cc1. The Morgan fingerprint density at radius 2 is 1.76 bits per heavy atom. The second kappa shape index (κ2) is 5.24. The van der Waals surface area contributed by atoms with Crippen molar-refractivity contribution in [1.82, 2.24) is 0 Å². The van der Waals surface area contributed by atoms with Crippen LogP contribution in [0.5, 0.6) is 5.75 Å². The lowest BCUT2D eigenvalue weighted by Crippen LogP contribution is -2.28. The average molecular weight is 281 g/mol. The fourth-order valence-electron chi connectivity index (χ4n) is 2.64. The van der Waals surface area contributed by atoms with Gasteiger partial charge >= 0.3 is 0 Å². The highest BCUT2D eigenvalue weighted by molar-refractivity contribution is 6.01. The summed E-state index contributed by atoms with van der Waals surface area (Å²) in [6, 6.07) is 15.7. The van der Waals surface area contributed by atoms with E-state index in [0.29, 0.717) is 0 Å². The van der Waals surface area contributed by atoms with Crippen LogP contribution in [0.2, 0.25) is 0 Å². The second-order valence-electron chi connectivity index (χ2n) is 5.58. The minimum atomic E-state index is -0.367. The van der Waals surface area contributed by atoms with Crippen LogP contribution in [-0.4, -0.2) is 13.0 Å². The number of anilines is 1. The van der Waals surface area contributed by atoms with Crippen molar-refractivity contribution < 1.29 is 9.53 Å². The molecular weight excluding hydrogens is 262 g/mol. The summed E-state index contributed by atoms with van der Waals surface area (Å²) in [7, 11) is 1.65. The van der Waals surface area contributed by atoms with Crippen molar-refractivity contribution in [3.8, 4) is 5.75 Å². The summed E-state index contributed by atoms with van der Waals surface area (Å²) in [6.07, 6.45) is 1.80. The maximum atomic E-state index is 12.7. The zero-order chi connectivity index (χ0) is 14.9. The molecule has 0 saturated heterocycles. The van der Waals surface area contributed by atoms with Crippen LogP contribution in [0, 0.1) is 6.92 Å². The van der Waals surface area contributed by atoms with Crippen molar-refractivity contribution in [3.05, 3.63) is 59.7 Å². The molecule has 3 heteroatoms. The molecule has 1 aliphatic carbocycles. The number of methoxy groups -OCH3 is 1. The first-order chi connectivity index (χ1) is 10.2. The largest absolute Gasteiger partial charge is 0.497 e. The molecule has 1 fully saturated rings. The van der Waals surface area contributed by atoms with E-state index < -0.39 is 0 Å². The van der Waals surface area contributed by atoms with Gasteiger partial charge in [0.05, 0.1) is 12.5 Å². The van der Waals surface area contributed by atoms with E-state index in [1.54, 1.807) is 7.11 Å². The lowest BCUT2D eigenvalue weighted by atomic mass is 9.94. The third kappa shape index (κ3) is 2.51. The number of aryl methyl sites for hydroxylation is 1. The number of carbonyl (C=O) groups excluding carboxylic acids is 1. The minimum absolute atomic E-state index is 0.0852. The third-order valence-electron chi connectivity index (χ3n) is 4.22. The van der Waals surface area contributed by atoms with Crippen LogP contribution in [0.4, 0.5) is 5.69 Å². The zero-order valence-electron chi connectivity index (χ0n) is 12.3. The van der Waals surface area contributed by atoms with Gasteiger partial charge in [0.15, 0.2) is 0 Å². The van der Waals surface area contributed by atoms with Gasteiger partial charge in [0, 0.05) is 5.69 Å². The normalized spacial score (nSPS) is 15.3. The fourth-order valence-corrected chi connectivity index (χ4v) is 2.64. The monoisotopic (exact) mass is 281 g/mol. The molecule has 1 saturated carbocycles. The Morgan fingerprint density at radius 1 is 1.10 bits per heavy atom. The summed E-state index contributed by atoms with van der Waals surface area (Å²) in [6.45, 7) is 2.00. The summed E-state index contributed by atoms with van der Waals surface area (Å²) in [4.78, 5) is 12.7. The van der Waals surface area contributed by atoms with Crippen LogP contribution in [0.25, 0.3) is 0 Å². The maximum absolute atomic E-state index is 12.7. The van der Waals surface area contributed by atoms with Gasteiger partial charge in [0.25, 0.3) is 0 Å². The van der Waals surface area contributed by atoms with Crippen molar-refractivity contribution in [2.45, 2.75) is 25.2 Å². The number of hydrogen-bond donors (Lipinski definition) is 1. The van der Waals surface area contributed by atoms with E-state index in [4.69, 9.17) is 4.74 Å². The van der Waals surface area contributed by atoms with E-state index in [0.717, 1.165) is 35.4 Å². The third-order valence-corrected chi connectivity index (χ3v) is 4.22. The van der Waals surface area contributed by atoms with E-state index >= 15 is 0 Å². The molecule has 0 aliphatic heterocycles. The van der Waals surface area contributed by atoms with Gasteiger partial charge in [0.1, 0.15) is 5.75 Å². The number of ether oxygens (including phenoxy) is 1. The van der Waals surface area contributed by atoms with E-state index in [1.165, 1.54) is 0 Å². The van der Waals surface area contributed by atoms with Gasteiger partial charge in [-0.25, -0.2) is 0 Å². The predicted molar refractivity (Wildman–Crippen MR) is 83.7 cm³/mol. The highest BCUT2D eigenvalue weighted by Crippen LogP contribution is 2.49. The fraction of sp³-hybridized carbons (Fsp3) is 0.278. The molecule has 3 nitrogen and oxygen atoms in total. The molecule has 0 aromatic heterocycles. The summed E-state index contributed by atoms with van der Waals surface area (Å²) >= 11 is 0. The van der Waals surface area contributed by atoms with Gasteiger partial charge in [-0.1, -0.05) is 30.3 Å². The van der Waals surface area contributed by atoms with Gasteiger partial charge < -0.3 is 10.1 Å². The molecule has 1 amide bonds. The number of hydrogen-bond acceptors (Lipinski definition) is 2. The average Bonchev–Trinajstić information content (AvgIpc) is 3.31. The van der Waals surface area contributed by atoms with Crippen LogP contribution in [0.3, 0.4) is 0 Å². The Kier molecular flexibility index (Phi) is 3.42. The van der Waals surface area contributed by atoms with Gasteiger partial charge in [-0.2, -0.15) is 0 Å². The molecular formula is C18H19NO2. The molecule has 108 valence electrons. The molecule has 0 spiro atoms. The predicted octanol–water partition coefficient (Wildman–Crippen LogP) is 3.67. The highest BCUT2D eigenvalue weighted by atomic mass is 16.5. The van der Waals surface area contributed by atoms with Crippen LogP contribution in [-0.2, 0) is 10.2 Å². The van der Waals surface area contributed by atoms with Gasteiger partial charge in [-0.3, -0.25) is 4.79 Å². The smallest absolute Gasteiger partial charge is 0.235 e. The van der Waals surface area contributed by atoms with E-state index in [2.05, 4.69) is 5.32 Å². The molecule has 2 aromatic carbocycles. The zero-order valence-corrected chi connectivity index (χ0v) is 12.3. The lowest BCUT2D eigenvalue weighted by molar-refractivity contribution is -0.118. The van der Waals surface area contributed by atoms with E-state index in [-0.39, 0.29) is 11.3 Å². The van der Waals surface area contributed by atoms with Gasteiger partial charge in [-0.15, -0.1) is 0 Å². The van der Waals surface area contributed by atoms with Crippen LogP contribution in [0.15, 0.2) is 48.5 Å². The standard InChI is InChI=1S/C18H19NO2/c1-13-5-3-4-6-16(13)19-17(20)18(11-12-18)14-7-9-15(21-2)10-8-14/h3-10H,11-12H2,1-2H3,(H,19,20). The highest BCUT2D eigenvalue weighted by Gasteiger charge is 2.51. The molecule has 0 radical (unpaired) electrons. The van der Waals surface area contributed by atoms with Crippen LogP contribution in [0.1, 0.15) is 24.0 Å². The Labute approximate surface area is 124 Å². The van der Waals surface area contributed by atoms with Crippen LogP contribution >= 0.6 is 0 Å². The number of benzene rings is 2. The Balaban J connectivity index is 1.81. The second-order valence-corrected chi connectivity index (χ2v) is 5.58. The number of para-hydroxylation sites is 1. The first kappa shape index (κ1) is 13.7. The molecule has 21 heavy (non-hydrogen) atoms. The Bertz CT molecular complexity index is 657. The van der Waals surface area contributed by atoms with Crippen molar-refractivity contribution in [2.24, 2.45) is 0 Å². The molecule has 0 unspecified atom stereocenters. The van der Waals surface area contributed by atoms with Gasteiger partial charge in [0.2, 0.25) is 5.91 Å². The van der Waals surface area contributed by atoms with E-state index in [9.17, 15) is 4.79 Å². The number of amides is 1. The summed E-state index contributed by atoms with van der Waals surface area (Å²) in [5, 5.41) is 3.07. The molecule has 3 rings (SSSR count). The minimum Gasteiger partial charge on any atom is -0.497 e. The van der Waals surface area contributed by atoms with Crippen LogP contribution < -0.4 is 10.1 Å². The molecule has 0 heterocycles. The van der Waals surface area contributed by atoms with Crippen molar-refractivity contribution in [3.63, 3.8) is 0 Å². The Morgan fingerprint density at radius 3 is 2.33 bits per heavy atom. The topological polar surface area (TPSA) is 38.3 Å². The van der Waals surface area contributed by atoms with Crippen molar-refractivity contribution in [1.29, 1.82) is 0 Å². The first-order valence-electron chi connectivity index (χ1n) is 7.17. The number of nitrogens with one attached hydrogen (secondary N) is 1. The summed E-state index contributed by atoms with van der Waals surface area (Å²) in [5.41, 5.74) is 2.67.